The molecule has 0 saturated heterocycles. The van der Waals surface area contributed by atoms with Crippen LogP contribution in [0.4, 0.5) is 4.39 Å². The summed E-state index contributed by atoms with van der Waals surface area (Å²) in [6, 6.07) is 9.86. The molecule has 3 N–H and O–H groups in total. The van der Waals surface area contributed by atoms with Gasteiger partial charge in [0.2, 0.25) is 15.9 Å². The van der Waals surface area contributed by atoms with E-state index in [1.165, 1.54) is 18.2 Å². The minimum absolute atomic E-state index is 0.0611. The average Bonchev–Trinajstić information content (AvgIpc) is 2.45. The molecule has 0 saturated carbocycles. The maximum Gasteiger partial charge on any atom is 0.244 e. The SMILES string of the molecule is NC(=O)[C@@H](NS(=O)(=O)c1ccc(Cl)cc1F)c1ccccc1. The van der Waals surface area contributed by atoms with Crippen molar-refractivity contribution in [1.29, 1.82) is 0 Å². The third-order valence-electron chi connectivity index (χ3n) is 2.87. The Hall–Kier alpha value is -1.96. The van der Waals surface area contributed by atoms with Crippen molar-refractivity contribution < 1.29 is 17.6 Å². The number of halogens is 2. The smallest absolute Gasteiger partial charge is 0.244 e. The molecule has 0 heterocycles. The summed E-state index contributed by atoms with van der Waals surface area (Å²) in [5.74, 6) is -1.92. The largest absolute Gasteiger partial charge is 0.368 e. The quantitative estimate of drug-likeness (QED) is 0.870. The number of nitrogens with one attached hydrogen (secondary N) is 1. The molecule has 116 valence electrons. The summed E-state index contributed by atoms with van der Waals surface area (Å²) in [6.07, 6.45) is 0. The standard InChI is InChI=1S/C14H12ClFN2O3S/c15-10-6-7-12(11(16)8-10)22(20,21)18-13(14(17)19)9-4-2-1-3-5-9/h1-8,13,18H,(H2,17,19)/t13-/m0/s1. The van der Waals surface area contributed by atoms with Crippen molar-refractivity contribution in [2.75, 3.05) is 0 Å². The number of rotatable bonds is 5. The van der Waals surface area contributed by atoms with Crippen LogP contribution in [0.1, 0.15) is 11.6 Å². The Labute approximate surface area is 131 Å². The van der Waals surface area contributed by atoms with Gasteiger partial charge < -0.3 is 5.73 Å². The monoisotopic (exact) mass is 342 g/mol. The van der Waals surface area contributed by atoms with Gasteiger partial charge in [-0.25, -0.2) is 12.8 Å². The fraction of sp³-hybridized carbons (Fsp3) is 0.0714. The summed E-state index contributed by atoms with van der Waals surface area (Å²) in [5.41, 5.74) is 5.59. The van der Waals surface area contributed by atoms with Crippen LogP contribution in [0.3, 0.4) is 0 Å². The van der Waals surface area contributed by atoms with E-state index in [4.69, 9.17) is 17.3 Å². The average molecular weight is 343 g/mol. The van der Waals surface area contributed by atoms with Crippen LogP contribution < -0.4 is 10.5 Å². The van der Waals surface area contributed by atoms with E-state index in [9.17, 15) is 17.6 Å². The molecular weight excluding hydrogens is 331 g/mol. The van der Waals surface area contributed by atoms with E-state index in [-0.39, 0.29) is 5.02 Å². The molecule has 1 atom stereocenters. The lowest BCUT2D eigenvalue weighted by atomic mass is 10.1. The molecule has 2 aromatic rings. The zero-order chi connectivity index (χ0) is 16.3. The number of nitrogens with two attached hydrogens (primary N) is 1. The molecule has 8 heteroatoms. The van der Waals surface area contributed by atoms with Gasteiger partial charge in [-0.15, -0.1) is 0 Å². The number of benzene rings is 2. The second-order valence-corrected chi connectivity index (χ2v) is 6.56. The second-order valence-electron chi connectivity index (χ2n) is 4.44. The first kappa shape index (κ1) is 16.4. The lowest BCUT2D eigenvalue weighted by Gasteiger charge is -2.16. The fourth-order valence-electron chi connectivity index (χ4n) is 1.85. The molecule has 0 unspecified atom stereocenters. The van der Waals surface area contributed by atoms with Crippen molar-refractivity contribution in [1.82, 2.24) is 4.72 Å². The lowest BCUT2D eigenvalue weighted by Crippen LogP contribution is -2.37. The molecule has 22 heavy (non-hydrogen) atoms. The number of sulfonamides is 1. The first-order valence-electron chi connectivity index (χ1n) is 6.13. The number of hydrogen-bond acceptors (Lipinski definition) is 3. The predicted octanol–water partition coefficient (Wildman–Crippen LogP) is 1.98. The molecule has 0 fully saturated rings. The highest BCUT2D eigenvalue weighted by atomic mass is 35.5. The molecule has 0 bridgehead atoms. The van der Waals surface area contributed by atoms with E-state index >= 15 is 0 Å². The van der Waals surface area contributed by atoms with Crippen LogP contribution in [0.5, 0.6) is 0 Å². The number of amides is 1. The van der Waals surface area contributed by atoms with Crippen LogP contribution >= 0.6 is 11.6 Å². The number of hydrogen-bond donors (Lipinski definition) is 2. The van der Waals surface area contributed by atoms with Crippen LogP contribution in [0.2, 0.25) is 5.02 Å². The molecule has 1 amide bonds. The summed E-state index contributed by atoms with van der Waals surface area (Å²) in [4.78, 5) is 10.9. The highest BCUT2D eigenvalue weighted by Gasteiger charge is 2.27. The zero-order valence-electron chi connectivity index (χ0n) is 11.2. The van der Waals surface area contributed by atoms with Crippen LogP contribution in [0, 0.1) is 5.82 Å². The minimum atomic E-state index is -4.28. The Kier molecular flexibility index (Phi) is 4.80. The molecule has 0 radical (unpaired) electrons. The van der Waals surface area contributed by atoms with E-state index in [0.717, 1.165) is 12.1 Å². The van der Waals surface area contributed by atoms with Crippen LogP contribution in [-0.4, -0.2) is 14.3 Å². The molecule has 5 nitrogen and oxygen atoms in total. The van der Waals surface area contributed by atoms with Crippen molar-refractivity contribution in [3.63, 3.8) is 0 Å². The molecule has 2 rings (SSSR count). The molecule has 0 spiro atoms. The summed E-state index contributed by atoms with van der Waals surface area (Å²) in [6.45, 7) is 0. The highest BCUT2D eigenvalue weighted by molar-refractivity contribution is 7.89. The van der Waals surface area contributed by atoms with Crippen molar-refractivity contribution in [2.45, 2.75) is 10.9 Å². The molecule has 0 aliphatic heterocycles. The Bertz CT molecular complexity index is 797. The van der Waals surface area contributed by atoms with Gasteiger partial charge in [-0.3, -0.25) is 4.79 Å². The maximum atomic E-state index is 13.8. The lowest BCUT2D eigenvalue weighted by molar-refractivity contribution is -0.119. The Balaban J connectivity index is 2.39. The summed E-state index contributed by atoms with van der Waals surface area (Å²) in [7, 11) is -4.28. The summed E-state index contributed by atoms with van der Waals surface area (Å²) in [5, 5.41) is 0.0611. The first-order chi connectivity index (χ1) is 10.3. The van der Waals surface area contributed by atoms with E-state index in [0.29, 0.717) is 5.56 Å². The van der Waals surface area contributed by atoms with Crippen molar-refractivity contribution in [3.8, 4) is 0 Å². The Morgan fingerprint density at radius 3 is 2.36 bits per heavy atom. The third kappa shape index (κ3) is 3.62. The fourth-order valence-corrected chi connectivity index (χ4v) is 3.26. The van der Waals surface area contributed by atoms with E-state index in [2.05, 4.69) is 4.72 Å². The summed E-state index contributed by atoms with van der Waals surface area (Å²) >= 11 is 5.59. The van der Waals surface area contributed by atoms with Gasteiger partial charge in [-0.2, -0.15) is 4.72 Å². The highest BCUT2D eigenvalue weighted by Crippen LogP contribution is 2.21. The molecule has 0 aromatic heterocycles. The van der Waals surface area contributed by atoms with Gasteiger partial charge in [0.15, 0.2) is 0 Å². The number of carbonyl (C=O) groups excluding carboxylic acids is 1. The van der Waals surface area contributed by atoms with E-state index < -0.39 is 32.7 Å². The van der Waals surface area contributed by atoms with Gasteiger partial charge in [0.1, 0.15) is 16.8 Å². The van der Waals surface area contributed by atoms with Gasteiger partial charge in [0.05, 0.1) is 0 Å². The second kappa shape index (κ2) is 6.43. The molecule has 0 aliphatic carbocycles. The number of primary amides is 1. The van der Waals surface area contributed by atoms with Crippen molar-refractivity contribution in [2.24, 2.45) is 5.73 Å². The van der Waals surface area contributed by atoms with Gasteiger partial charge >= 0.3 is 0 Å². The molecule has 0 aliphatic rings. The van der Waals surface area contributed by atoms with E-state index in [1.54, 1.807) is 18.2 Å². The van der Waals surface area contributed by atoms with E-state index in [1.807, 2.05) is 0 Å². The first-order valence-corrected chi connectivity index (χ1v) is 7.99. The minimum Gasteiger partial charge on any atom is -0.368 e. The normalized spacial score (nSPS) is 12.8. The zero-order valence-corrected chi connectivity index (χ0v) is 12.7. The topological polar surface area (TPSA) is 89.3 Å². The molecular formula is C14H12ClFN2O3S. The van der Waals surface area contributed by atoms with Crippen molar-refractivity contribution >= 4 is 27.5 Å². The van der Waals surface area contributed by atoms with Gasteiger partial charge in [0, 0.05) is 5.02 Å². The maximum absolute atomic E-state index is 13.8. The van der Waals surface area contributed by atoms with Crippen molar-refractivity contribution in [3.05, 3.63) is 64.9 Å². The van der Waals surface area contributed by atoms with Gasteiger partial charge in [-0.1, -0.05) is 41.9 Å². The Morgan fingerprint density at radius 2 is 1.82 bits per heavy atom. The third-order valence-corrected chi connectivity index (χ3v) is 4.57. The van der Waals surface area contributed by atoms with Crippen LogP contribution in [0.15, 0.2) is 53.4 Å². The van der Waals surface area contributed by atoms with Crippen LogP contribution in [-0.2, 0) is 14.8 Å². The summed E-state index contributed by atoms with van der Waals surface area (Å²) < 4.78 is 40.4. The number of carbonyl (C=O) groups is 1. The Morgan fingerprint density at radius 1 is 1.18 bits per heavy atom. The molecule has 2 aromatic carbocycles. The van der Waals surface area contributed by atoms with Gasteiger partial charge in [-0.05, 0) is 23.8 Å². The predicted molar refractivity (Wildman–Crippen MR) is 80.1 cm³/mol. The van der Waals surface area contributed by atoms with Crippen LogP contribution in [0.25, 0.3) is 0 Å². The van der Waals surface area contributed by atoms with Gasteiger partial charge in [0.25, 0.3) is 0 Å².